The molecule has 0 radical (unpaired) electrons. The molecule has 3 nitrogen and oxygen atoms in total. The highest BCUT2D eigenvalue weighted by Gasteiger charge is 2.05. The maximum Gasteiger partial charge on any atom is 0.223 e. The number of nitrogens with one attached hydrogen (secondary N) is 1. The molecule has 0 atom stereocenters. The van der Waals surface area contributed by atoms with Crippen molar-refractivity contribution in [3.8, 4) is 11.6 Å². The number of ether oxygens (including phenoxy) is 1. The van der Waals surface area contributed by atoms with Gasteiger partial charge in [0, 0.05) is 18.3 Å². The van der Waals surface area contributed by atoms with E-state index in [1.165, 1.54) is 5.56 Å². The van der Waals surface area contributed by atoms with E-state index in [1.807, 2.05) is 31.3 Å². The van der Waals surface area contributed by atoms with Gasteiger partial charge in [-0.1, -0.05) is 31.5 Å². The quantitative estimate of drug-likeness (QED) is 0.858. The van der Waals surface area contributed by atoms with Gasteiger partial charge in [-0.3, -0.25) is 0 Å². The summed E-state index contributed by atoms with van der Waals surface area (Å²) in [5.41, 5.74) is 2.40. The summed E-state index contributed by atoms with van der Waals surface area (Å²) >= 11 is 0. The number of benzene rings is 1. The molecular formula is C16H20N2O. The molecule has 1 N–H and O–H groups in total. The van der Waals surface area contributed by atoms with E-state index < -0.39 is 0 Å². The topological polar surface area (TPSA) is 34.1 Å². The van der Waals surface area contributed by atoms with E-state index in [9.17, 15) is 0 Å². The Kier molecular flexibility index (Phi) is 4.93. The van der Waals surface area contributed by atoms with Crippen LogP contribution in [0, 0.1) is 0 Å². The van der Waals surface area contributed by atoms with Crippen LogP contribution < -0.4 is 10.1 Å². The van der Waals surface area contributed by atoms with Gasteiger partial charge in [0.15, 0.2) is 0 Å². The van der Waals surface area contributed by atoms with Crippen molar-refractivity contribution in [2.45, 2.75) is 26.3 Å². The van der Waals surface area contributed by atoms with Crippen molar-refractivity contribution in [3.05, 3.63) is 53.7 Å². The number of hydrogen-bond donors (Lipinski definition) is 1. The lowest BCUT2D eigenvalue weighted by Gasteiger charge is -2.09. The van der Waals surface area contributed by atoms with Crippen LogP contribution in [0.1, 0.15) is 24.5 Å². The normalized spacial score (nSPS) is 10.4. The summed E-state index contributed by atoms with van der Waals surface area (Å²) in [6, 6.07) is 12.2. The van der Waals surface area contributed by atoms with Gasteiger partial charge in [-0.25, -0.2) is 4.98 Å². The minimum Gasteiger partial charge on any atom is -0.439 e. The zero-order chi connectivity index (χ0) is 13.5. The fraction of sp³-hybridized carbons (Fsp3) is 0.312. The van der Waals surface area contributed by atoms with Crippen LogP contribution in [-0.2, 0) is 13.0 Å². The van der Waals surface area contributed by atoms with E-state index in [-0.39, 0.29) is 0 Å². The maximum absolute atomic E-state index is 5.84. The highest BCUT2D eigenvalue weighted by atomic mass is 16.5. The van der Waals surface area contributed by atoms with Crippen LogP contribution in [0.3, 0.4) is 0 Å². The Bertz CT molecular complexity index is 508. The molecule has 0 aliphatic heterocycles. The van der Waals surface area contributed by atoms with Crippen LogP contribution in [0.25, 0.3) is 0 Å². The number of aryl methyl sites for hydroxylation is 1. The molecule has 2 rings (SSSR count). The van der Waals surface area contributed by atoms with Gasteiger partial charge < -0.3 is 10.1 Å². The fourth-order valence-electron chi connectivity index (χ4n) is 1.97. The van der Waals surface area contributed by atoms with E-state index >= 15 is 0 Å². The average molecular weight is 256 g/mol. The lowest BCUT2D eigenvalue weighted by Crippen LogP contribution is -2.07. The molecule has 2 aromatic rings. The first-order valence-corrected chi connectivity index (χ1v) is 6.68. The largest absolute Gasteiger partial charge is 0.439 e. The smallest absolute Gasteiger partial charge is 0.223 e. The molecule has 100 valence electrons. The molecule has 0 saturated heterocycles. The minimum atomic E-state index is 0.667. The maximum atomic E-state index is 5.84. The van der Waals surface area contributed by atoms with E-state index in [4.69, 9.17) is 4.74 Å². The summed E-state index contributed by atoms with van der Waals surface area (Å²) in [6.07, 6.45) is 4.02. The van der Waals surface area contributed by atoms with Gasteiger partial charge in [0.2, 0.25) is 5.88 Å². The van der Waals surface area contributed by atoms with E-state index in [1.54, 1.807) is 6.20 Å². The molecule has 0 aliphatic carbocycles. The second-order valence-corrected chi connectivity index (χ2v) is 4.49. The van der Waals surface area contributed by atoms with Gasteiger partial charge in [0.05, 0.1) is 0 Å². The van der Waals surface area contributed by atoms with Crippen molar-refractivity contribution in [1.29, 1.82) is 0 Å². The van der Waals surface area contributed by atoms with E-state index in [2.05, 4.69) is 29.4 Å². The summed E-state index contributed by atoms with van der Waals surface area (Å²) < 4.78 is 5.84. The molecule has 0 saturated carbocycles. The van der Waals surface area contributed by atoms with E-state index in [0.717, 1.165) is 30.7 Å². The molecule has 0 unspecified atom stereocenters. The number of rotatable bonds is 6. The Morgan fingerprint density at radius 1 is 1.16 bits per heavy atom. The molecule has 0 fully saturated rings. The lowest BCUT2D eigenvalue weighted by molar-refractivity contribution is 0.454. The van der Waals surface area contributed by atoms with Gasteiger partial charge in [0.1, 0.15) is 5.75 Å². The Labute approximate surface area is 114 Å². The minimum absolute atomic E-state index is 0.667. The van der Waals surface area contributed by atoms with Gasteiger partial charge in [-0.05, 0) is 37.2 Å². The third kappa shape index (κ3) is 3.80. The van der Waals surface area contributed by atoms with Gasteiger partial charge >= 0.3 is 0 Å². The third-order valence-corrected chi connectivity index (χ3v) is 2.89. The highest BCUT2D eigenvalue weighted by molar-refractivity contribution is 5.33. The summed E-state index contributed by atoms with van der Waals surface area (Å²) in [5.74, 6) is 1.50. The van der Waals surface area contributed by atoms with E-state index in [0.29, 0.717) is 5.88 Å². The average Bonchev–Trinajstić information content (AvgIpc) is 2.44. The zero-order valence-electron chi connectivity index (χ0n) is 11.5. The van der Waals surface area contributed by atoms with Crippen molar-refractivity contribution in [3.63, 3.8) is 0 Å². The lowest BCUT2D eigenvalue weighted by atomic mass is 10.1. The molecule has 0 bridgehead atoms. The summed E-state index contributed by atoms with van der Waals surface area (Å²) in [4.78, 5) is 4.29. The second kappa shape index (κ2) is 6.90. The number of aromatic nitrogens is 1. The first-order chi connectivity index (χ1) is 9.33. The number of hydrogen-bond acceptors (Lipinski definition) is 3. The van der Waals surface area contributed by atoms with Crippen LogP contribution in [-0.4, -0.2) is 12.0 Å². The first-order valence-electron chi connectivity index (χ1n) is 6.68. The third-order valence-electron chi connectivity index (χ3n) is 2.89. The van der Waals surface area contributed by atoms with Crippen LogP contribution in [0.5, 0.6) is 11.6 Å². The molecule has 0 aliphatic rings. The summed E-state index contributed by atoms with van der Waals surface area (Å²) in [5, 5.41) is 3.12. The van der Waals surface area contributed by atoms with Gasteiger partial charge in [-0.15, -0.1) is 0 Å². The Morgan fingerprint density at radius 3 is 2.63 bits per heavy atom. The highest BCUT2D eigenvalue weighted by Crippen LogP contribution is 2.23. The van der Waals surface area contributed by atoms with Crippen LogP contribution >= 0.6 is 0 Å². The summed E-state index contributed by atoms with van der Waals surface area (Å²) in [7, 11) is 1.91. The predicted octanol–water partition coefficient (Wildman–Crippen LogP) is 3.55. The van der Waals surface area contributed by atoms with Crippen LogP contribution in [0.15, 0.2) is 42.6 Å². The SMILES string of the molecule is CCCc1ccc(Oc2ncccc2CNC)cc1. The van der Waals surface area contributed by atoms with Crippen molar-refractivity contribution in [2.24, 2.45) is 0 Å². The molecule has 3 heteroatoms. The molecule has 19 heavy (non-hydrogen) atoms. The molecule has 1 aromatic carbocycles. The van der Waals surface area contributed by atoms with Crippen LogP contribution in [0.4, 0.5) is 0 Å². The molecule has 0 amide bonds. The number of nitrogens with zero attached hydrogens (tertiary/aromatic N) is 1. The van der Waals surface area contributed by atoms with Crippen LogP contribution in [0.2, 0.25) is 0 Å². The zero-order valence-corrected chi connectivity index (χ0v) is 11.5. The van der Waals surface area contributed by atoms with Gasteiger partial charge in [0.25, 0.3) is 0 Å². The van der Waals surface area contributed by atoms with Crippen molar-refractivity contribution in [1.82, 2.24) is 10.3 Å². The standard InChI is InChI=1S/C16H20N2O/c1-3-5-13-7-9-15(10-8-13)19-16-14(12-17-2)6-4-11-18-16/h4,6-11,17H,3,5,12H2,1-2H3. The van der Waals surface area contributed by atoms with Crippen molar-refractivity contribution in [2.75, 3.05) is 7.05 Å². The van der Waals surface area contributed by atoms with Gasteiger partial charge in [-0.2, -0.15) is 0 Å². The Morgan fingerprint density at radius 2 is 1.95 bits per heavy atom. The summed E-state index contributed by atoms with van der Waals surface area (Å²) in [6.45, 7) is 2.93. The Balaban J connectivity index is 2.12. The van der Waals surface area contributed by atoms with Crippen molar-refractivity contribution >= 4 is 0 Å². The number of pyridine rings is 1. The first kappa shape index (κ1) is 13.6. The molecule has 1 aromatic heterocycles. The molecule has 1 heterocycles. The second-order valence-electron chi connectivity index (χ2n) is 4.49. The molecule has 0 spiro atoms. The predicted molar refractivity (Wildman–Crippen MR) is 77.5 cm³/mol. The monoisotopic (exact) mass is 256 g/mol. The van der Waals surface area contributed by atoms with Crippen molar-refractivity contribution < 1.29 is 4.74 Å². The molecular weight excluding hydrogens is 236 g/mol. The Hall–Kier alpha value is -1.87. The fourth-order valence-corrected chi connectivity index (χ4v) is 1.97.